The number of hydrogen-bond donors (Lipinski definition) is 3. The first-order chi connectivity index (χ1) is 15.5. The quantitative estimate of drug-likeness (QED) is 0.334. The molecular formula is C21H14ClF3N4O4. The highest BCUT2D eigenvalue weighted by atomic mass is 35.5. The number of nitrogens with one attached hydrogen (secondary N) is 2. The smallest absolute Gasteiger partial charge is 0.417 e. The van der Waals surface area contributed by atoms with Crippen LogP contribution in [0.2, 0.25) is 5.02 Å². The lowest BCUT2D eigenvalue weighted by molar-refractivity contribution is -0.137. The summed E-state index contributed by atoms with van der Waals surface area (Å²) in [5, 5.41) is 12.1. The van der Waals surface area contributed by atoms with Gasteiger partial charge in [-0.2, -0.15) is 13.2 Å². The van der Waals surface area contributed by atoms with Crippen molar-refractivity contribution in [1.29, 1.82) is 0 Å². The molecule has 0 radical (unpaired) electrons. The molecule has 0 saturated heterocycles. The molecular weight excluding hydrogens is 465 g/mol. The molecule has 2 amide bonds. The van der Waals surface area contributed by atoms with E-state index in [1.165, 1.54) is 30.7 Å². The molecule has 1 aromatic heterocycles. The summed E-state index contributed by atoms with van der Waals surface area (Å²) in [5.74, 6) is -1.57. The van der Waals surface area contributed by atoms with Gasteiger partial charge in [0.05, 0.1) is 40.3 Å². The summed E-state index contributed by atoms with van der Waals surface area (Å²) in [6, 6.07) is 7.46. The molecule has 0 aliphatic carbocycles. The van der Waals surface area contributed by atoms with Crippen LogP contribution in [0.25, 0.3) is 11.3 Å². The molecule has 170 valence electrons. The zero-order valence-electron chi connectivity index (χ0n) is 16.5. The number of aromatic nitrogens is 2. The first-order valence-electron chi connectivity index (χ1n) is 9.15. The van der Waals surface area contributed by atoms with E-state index in [1.54, 1.807) is 12.1 Å². The maximum Gasteiger partial charge on any atom is 0.417 e. The molecule has 0 bridgehead atoms. The van der Waals surface area contributed by atoms with Gasteiger partial charge in [0, 0.05) is 23.5 Å². The van der Waals surface area contributed by atoms with Crippen molar-refractivity contribution in [2.75, 3.05) is 10.6 Å². The molecule has 0 saturated carbocycles. The molecule has 0 aliphatic heterocycles. The van der Waals surface area contributed by atoms with Gasteiger partial charge in [-0.25, -0.2) is 4.79 Å². The van der Waals surface area contributed by atoms with E-state index < -0.39 is 46.7 Å². The summed E-state index contributed by atoms with van der Waals surface area (Å²) in [6.45, 7) is 0. The monoisotopic (exact) mass is 478 g/mol. The van der Waals surface area contributed by atoms with E-state index >= 15 is 0 Å². The molecule has 0 fully saturated rings. The molecule has 3 aromatic rings. The van der Waals surface area contributed by atoms with Gasteiger partial charge in [-0.1, -0.05) is 29.8 Å². The van der Waals surface area contributed by atoms with E-state index in [2.05, 4.69) is 15.3 Å². The van der Waals surface area contributed by atoms with Crippen LogP contribution in [0.3, 0.4) is 0 Å². The van der Waals surface area contributed by atoms with Gasteiger partial charge < -0.3 is 10.4 Å². The molecule has 12 heteroatoms. The van der Waals surface area contributed by atoms with Crippen molar-refractivity contribution >= 4 is 40.8 Å². The number of alkyl halides is 3. The van der Waals surface area contributed by atoms with Crippen LogP contribution in [-0.4, -0.2) is 32.9 Å². The summed E-state index contributed by atoms with van der Waals surface area (Å²) >= 11 is 5.61. The third-order valence-corrected chi connectivity index (χ3v) is 4.61. The standard InChI is InChI=1S/C21H14ClF3N4O4/c22-14-8-16(29-20(32)33)15(7-13(14)21(23,24)25)28-19(31)9-18(30)12-3-1-2-11(6-12)17-10-26-4-5-27-17/h1-8,10,29H,9H2,(H,28,31)(H,32,33). The second-order valence-corrected chi connectivity index (χ2v) is 7.03. The Balaban J connectivity index is 1.82. The summed E-state index contributed by atoms with van der Waals surface area (Å²) in [5.41, 5.74) is -0.912. The summed E-state index contributed by atoms with van der Waals surface area (Å²) in [7, 11) is 0. The van der Waals surface area contributed by atoms with Gasteiger partial charge in [0.2, 0.25) is 5.91 Å². The van der Waals surface area contributed by atoms with Crippen LogP contribution in [0.5, 0.6) is 0 Å². The lowest BCUT2D eigenvalue weighted by atomic mass is 10.0. The van der Waals surface area contributed by atoms with E-state index in [0.717, 1.165) is 6.07 Å². The number of nitrogens with zero attached hydrogens (tertiary/aromatic N) is 2. The fourth-order valence-electron chi connectivity index (χ4n) is 2.85. The normalized spacial score (nSPS) is 11.0. The Kier molecular flexibility index (Phi) is 6.92. The number of rotatable bonds is 6. The lowest BCUT2D eigenvalue weighted by Crippen LogP contribution is -2.19. The van der Waals surface area contributed by atoms with Gasteiger partial charge in [-0.3, -0.25) is 24.9 Å². The molecule has 33 heavy (non-hydrogen) atoms. The van der Waals surface area contributed by atoms with Crippen molar-refractivity contribution in [3.05, 3.63) is 71.1 Å². The fourth-order valence-corrected chi connectivity index (χ4v) is 3.13. The van der Waals surface area contributed by atoms with Crippen LogP contribution in [0.4, 0.5) is 29.3 Å². The number of Topliss-reactive ketones (excluding diaryl/α,β-unsaturated/α-hetero) is 1. The van der Waals surface area contributed by atoms with Crippen LogP contribution in [-0.2, 0) is 11.0 Å². The minimum absolute atomic E-state index is 0.171. The van der Waals surface area contributed by atoms with E-state index in [4.69, 9.17) is 16.7 Å². The van der Waals surface area contributed by atoms with Gasteiger partial charge in [0.25, 0.3) is 0 Å². The summed E-state index contributed by atoms with van der Waals surface area (Å²) in [4.78, 5) is 44.0. The minimum atomic E-state index is -4.85. The number of ketones is 1. The zero-order chi connectivity index (χ0) is 24.2. The molecule has 2 aromatic carbocycles. The molecule has 0 spiro atoms. The SMILES string of the molecule is O=C(O)Nc1cc(Cl)c(C(F)(F)F)cc1NC(=O)CC(=O)c1cccc(-c2cnccn2)c1. The summed E-state index contributed by atoms with van der Waals surface area (Å²) < 4.78 is 39.5. The Labute approximate surface area is 189 Å². The van der Waals surface area contributed by atoms with Crippen molar-refractivity contribution in [2.45, 2.75) is 12.6 Å². The Morgan fingerprint density at radius 2 is 1.76 bits per heavy atom. The average Bonchev–Trinajstić information content (AvgIpc) is 2.75. The Morgan fingerprint density at radius 1 is 1.03 bits per heavy atom. The number of benzene rings is 2. The fraction of sp³-hybridized carbons (Fsp3) is 0.0952. The molecule has 3 N–H and O–H groups in total. The van der Waals surface area contributed by atoms with Crippen molar-refractivity contribution in [3.8, 4) is 11.3 Å². The number of carbonyl (C=O) groups is 3. The minimum Gasteiger partial charge on any atom is -0.465 e. The molecule has 8 nitrogen and oxygen atoms in total. The van der Waals surface area contributed by atoms with Gasteiger partial charge in [-0.15, -0.1) is 0 Å². The Morgan fingerprint density at radius 3 is 2.39 bits per heavy atom. The van der Waals surface area contributed by atoms with Gasteiger partial charge in [0.15, 0.2) is 5.78 Å². The Bertz CT molecular complexity index is 1220. The van der Waals surface area contributed by atoms with Crippen molar-refractivity contribution in [3.63, 3.8) is 0 Å². The van der Waals surface area contributed by atoms with Crippen LogP contribution in [0.1, 0.15) is 22.3 Å². The number of halogens is 4. The molecule has 3 rings (SSSR count). The van der Waals surface area contributed by atoms with Gasteiger partial charge in [0.1, 0.15) is 0 Å². The number of carboxylic acid groups (broad SMARTS) is 1. The maximum atomic E-state index is 13.2. The highest BCUT2D eigenvalue weighted by Crippen LogP contribution is 2.39. The third kappa shape index (κ3) is 6.04. The second-order valence-electron chi connectivity index (χ2n) is 6.63. The van der Waals surface area contributed by atoms with Crippen molar-refractivity contribution in [2.24, 2.45) is 0 Å². The van der Waals surface area contributed by atoms with Gasteiger partial charge in [-0.05, 0) is 18.2 Å². The van der Waals surface area contributed by atoms with Crippen molar-refractivity contribution in [1.82, 2.24) is 9.97 Å². The topological polar surface area (TPSA) is 121 Å². The van der Waals surface area contributed by atoms with Crippen LogP contribution in [0, 0.1) is 0 Å². The van der Waals surface area contributed by atoms with Crippen LogP contribution < -0.4 is 10.6 Å². The number of amides is 2. The predicted octanol–water partition coefficient (Wildman–Crippen LogP) is 5.12. The first kappa shape index (κ1) is 23.7. The lowest BCUT2D eigenvalue weighted by Gasteiger charge is -2.16. The average molecular weight is 479 g/mol. The van der Waals surface area contributed by atoms with Crippen LogP contribution >= 0.6 is 11.6 Å². The van der Waals surface area contributed by atoms with E-state index in [0.29, 0.717) is 17.3 Å². The molecule has 0 unspecified atom stereocenters. The van der Waals surface area contributed by atoms with Crippen LogP contribution in [0.15, 0.2) is 55.0 Å². The second kappa shape index (κ2) is 9.65. The third-order valence-electron chi connectivity index (χ3n) is 4.29. The molecule has 1 heterocycles. The Hall–Kier alpha value is -3.99. The zero-order valence-corrected chi connectivity index (χ0v) is 17.2. The highest BCUT2D eigenvalue weighted by molar-refractivity contribution is 6.32. The number of anilines is 2. The predicted molar refractivity (Wildman–Crippen MR) is 113 cm³/mol. The first-order valence-corrected chi connectivity index (χ1v) is 9.52. The van der Waals surface area contributed by atoms with Crippen molar-refractivity contribution < 1.29 is 32.7 Å². The maximum absolute atomic E-state index is 13.2. The van der Waals surface area contributed by atoms with E-state index in [-0.39, 0.29) is 11.3 Å². The largest absolute Gasteiger partial charge is 0.465 e. The van der Waals surface area contributed by atoms with Gasteiger partial charge >= 0.3 is 12.3 Å². The van der Waals surface area contributed by atoms with E-state index in [1.807, 2.05) is 5.32 Å². The van der Waals surface area contributed by atoms with E-state index in [9.17, 15) is 27.6 Å². The number of carbonyl (C=O) groups excluding carboxylic acids is 2. The molecule has 0 atom stereocenters. The summed E-state index contributed by atoms with van der Waals surface area (Å²) in [6.07, 6.45) is -2.70. The highest BCUT2D eigenvalue weighted by Gasteiger charge is 2.34. The number of hydrogen-bond acceptors (Lipinski definition) is 5. The molecule has 0 aliphatic rings.